The minimum absolute atomic E-state index is 0.0273. The molecular weight excluding hydrogens is 443 g/mol. The van der Waals surface area contributed by atoms with Crippen molar-refractivity contribution < 1.29 is 23.1 Å². The molecule has 1 N–H and O–H groups in total. The number of carbonyl (C=O) groups excluding carboxylic acids is 1. The predicted molar refractivity (Wildman–Crippen MR) is 121 cm³/mol. The van der Waals surface area contributed by atoms with Gasteiger partial charge in [0.15, 0.2) is 0 Å². The van der Waals surface area contributed by atoms with Crippen molar-refractivity contribution in [1.29, 1.82) is 0 Å². The van der Waals surface area contributed by atoms with Gasteiger partial charge in [-0.05, 0) is 59.2 Å². The van der Waals surface area contributed by atoms with Crippen LogP contribution < -0.4 is 0 Å². The maximum atomic E-state index is 13.4. The topological polar surface area (TPSA) is 47.0 Å². The van der Waals surface area contributed by atoms with Crippen molar-refractivity contribution in [2.24, 2.45) is 5.41 Å². The van der Waals surface area contributed by atoms with E-state index in [0.29, 0.717) is 12.5 Å². The molecule has 8 heteroatoms. The summed E-state index contributed by atoms with van der Waals surface area (Å²) in [7, 11) is 0. The highest BCUT2D eigenvalue weighted by Gasteiger charge is 2.54. The smallest absolute Gasteiger partial charge is 0.395 e. The molecule has 34 heavy (non-hydrogen) atoms. The molecule has 4 aliphatic rings. The largest absolute Gasteiger partial charge is 0.416 e. The summed E-state index contributed by atoms with van der Waals surface area (Å²) in [4.78, 5) is 19.6. The van der Waals surface area contributed by atoms with Gasteiger partial charge in [0.1, 0.15) is 0 Å². The lowest BCUT2D eigenvalue weighted by Crippen LogP contribution is -2.74. The van der Waals surface area contributed by atoms with Gasteiger partial charge in [-0.3, -0.25) is 4.90 Å². The highest BCUT2D eigenvalue weighted by atomic mass is 19.4. The summed E-state index contributed by atoms with van der Waals surface area (Å²) in [5.41, 5.74) is 3.59. The highest BCUT2D eigenvalue weighted by molar-refractivity contribution is 5.77. The molecule has 0 aromatic heterocycles. The van der Waals surface area contributed by atoms with Crippen LogP contribution in [0.5, 0.6) is 0 Å². The standard InChI is InChI=1S/C26H28F3N3O2/c27-26(28,29)20-4-1-17(2-5-20)18-3-6-21-19-7-8-32(23(12-19)22(21)11-18)24(34)31-15-25(16-31)13-30(14-25)9-10-33/h1-6,11,19,23,33H,7-10,12-16H2/t19-,23+/m1/s1. The lowest BCUT2D eigenvalue weighted by atomic mass is 9.73. The molecule has 2 atom stereocenters. The summed E-state index contributed by atoms with van der Waals surface area (Å²) in [6.07, 6.45) is -2.49. The minimum Gasteiger partial charge on any atom is -0.395 e. The fourth-order valence-corrected chi connectivity index (χ4v) is 6.52. The Morgan fingerprint density at radius 3 is 2.38 bits per heavy atom. The van der Waals surface area contributed by atoms with Crippen LogP contribution in [-0.4, -0.2) is 71.7 Å². The summed E-state index contributed by atoms with van der Waals surface area (Å²) in [5.74, 6) is 0.437. The molecule has 2 aromatic carbocycles. The predicted octanol–water partition coefficient (Wildman–Crippen LogP) is 4.34. The second-order valence-electron chi connectivity index (χ2n) is 10.4. The zero-order valence-corrected chi connectivity index (χ0v) is 18.9. The third kappa shape index (κ3) is 3.50. The minimum atomic E-state index is -4.35. The monoisotopic (exact) mass is 471 g/mol. The normalized spacial score (nSPS) is 25.2. The van der Waals surface area contributed by atoms with Crippen LogP contribution in [0, 0.1) is 5.41 Å². The van der Waals surface area contributed by atoms with E-state index in [1.54, 1.807) is 0 Å². The summed E-state index contributed by atoms with van der Waals surface area (Å²) >= 11 is 0. The number of halogens is 3. The number of nitrogens with zero attached hydrogens (tertiary/aromatic N) is 3. The molecule has 5 nitrogen and oxygen atoms in total. The zero-order valence-electron chi connectivity index (χ0n) is 18.9. The molecule has 0 radical (unpaired) electrons. The Kier molecular flexibility index (Phi) is 4.97. The van der Waals surface area contributed by atoms with Crippen LogP contribution in [-0.2, 0) is 6.18 Å². The Morgan fingerprint density at radius 2 is 1.71 bits per heavy atom. The number of carbonyl (C=O) groups is 1. The quantitative estimate of drug-likeness (QED) is 0.725. The van der Waals surface area contributed by atoms with Gasteiger partial charge < -0.3 is 14.9 Å². The number of hydrogen-bond donors (Lipinski definition) is 1. The third-order valence-corrected chi connectivity index (χ3v) is 8.14. The first-order valence-corrected chi connectivity index (χ1v) is 12.0. The van der Waals surface area contributed by atoms with Gasteiger partial charge in [-0.25, -0.2) is 4.79 Å². The van der Waals surface area contributed by atoms with Gasteiger partial charge in [0.2, 0.25) is 0 Å². The number of alkyl halides is 3. The maximum Gasteiger partial charge on any atom is 0.416 e. The van der Waals surface area contributed by atoms with Crippen LogP contribution in [0.1, 0.15) is 41.5 Å². The third-order valence-electron chi connectivity index (χ3n) is 8.14. The van der Waals surface area contributed by atoms with Crippen molar-refractivity contribution >= 4 is 6.03 Å². The maximum absolute atomic E-state index is 13.4. The van der Waals surface area contributed by atoms with Crippen LogP contribution in [0.2, 0.25) is 0 Å². The molecule has 6 rings (SSSR count). The van der Waals surface area contributed by atoms with E-state index in [9.17, 15) is 18.0 Å². The van der Waals surface area contributed by atoms with Crippen LogP contribution in [0.4, 0.5) is 18.0 Å². The van der Waals surface area contributed by atoms with Crippen molar-refractivity contribution in [3.05, 3.63) is 59.2 Å². The molecule has 0 unspecified atom stereocenters. The number of likely N-dealkylation sites (tertiary alicyclic amines) is 3. The first kappa shape index (κ1) is 21.9. The van der Waals surface area contributed by atoms with Gasteiger partial charge in [0, 0.05) is 44.7 Å². The van der Waals surface area contributed by atoms with E-state index in [4.69, 9.17) is 5.11 Å². The summed E-state index contributed by atoms with van der Waals surface area (Å²) in [6, 6.07) is 11.6. The van der Waals surface area contributed by atoms with Crippen molar-refractivity contribution in [3.63, 3.8) is 0 Å². The van der Waals surface area contributed by atoms with E-state index in [2.05, 4.69) is 17.0 Å². The fraction of sp³-hybridized carbons (Fsp3) is 0.500. The van der Waals surface area contributed by atoms with Crippen LogP contribution >= 0.6 is 0 Å². The lowest BCUT2D eigenvalue weighted by Gasteiger charge is -2.61. The molecule has 3 fully saturated rings. The molecule has 3 heterocycles. The number of β-amino-alcohol motifs (C(OH)–C–C–N with tert-alkyl or cyclic N) is 1. The first-order valence-electron chi connectivity index (χ1n) is 12.0. The summed E-state index contributed by atoms with van der Waals surface area (Å²) in [6.45, 7) is 5.05. The van der Waals surface area contributed by atoms with E-state index in [1.165, 1.54) is 17.7 Å². The molecule has 2 aromatic rings. The molecule has 2 bridgehead atoms. The molecule has 0 saturated carbocycles. The Balaban J connectivity index is 1.19. The van der Waals surface area contributed by atoms with Gasteiger partial charge in [-0.1, -0.05) is 24.3 Å². The van der Waals surface area contributed by atoms with E-state index < -0.39 is 11.7 Å². The van der Waals surface area contributed by atoms with Crippen LogP contribution in [0.25, 0.3) is 11.1 Å². The molecule has 1 aliphatic carbocycles. The van der Waals surface area contributed by atoms with Crippen LogP contribution in [0.15, 0.2) is 42.5 Å². The van der Waals surface area contributed by atoms with Gasteiger partial charge >= 0.3 is 12.2 Å². The SMILES string of the molecule is O=C(N1CC2(CN(CCO)C2)C1)N1CC[C@@H]2C[C@H]1c1cc(-c3ccc(C(F)(F)F)cc3)ccc12. The zero-order chi connectivity index (χ0) is 23.7. The first-order chi connectivity index (χ1) is 16.3. The molecular formula is C26H28F3N3O2. The van der Waals surface area contributed by atoms with Crippen molar-refractivity contribution in [2.45, 2.75) is 31.0 Å². The Labute approximate surface area is 196 Å². The van der Waals surface area contributed by atoms with Crippen molar-refractivity contribution in [2.75, 3.05) is 45.9 Å². The van der Waals surface area contributed by atoms with Crippen molar-refractivity contribution in [3.8, 4) is 11.1 Å². The number of aliphatic hydroxyl groups excluding tert-OH is 1. The van der Waals surface area contributed by atoms with Gasteiger partial charge in [-0.2, -0.15) is 13.2 Å². The van der Waals surface area contributed by atoms with E-state index >= 15 is 0 Å². The summed E-state index contributed by atoms with van der Waals surface area (Å²) in [5, 5.41) is 9.09. The second kappa shape index (κ2) is 7.71. The van der Waals surface area contributed by atoms with E-state index in [1.807, 2.05) is 15.9 Å². The number of aliphatic hydroxyl groups is 1. The number of hydrogen-bond acceptors (Lipinski definition) is 3. The number of piperidine rings is 1. The molecule has 1 spiro atoms. The van der Waals surface area contributed by atoms with E-state index in [0.717, 1.165) is 74.4 Å². The average Bonchev–Trinajstić information content (AvgIpc) is 3.05. The molecule has 3 aliphatic heterocycles. The van der Waals surface area contributed by atoms with E-state index in [-0.39, 0.29) is 24.1 Å². The Bertz CT molecular complexity index is 1100. The molecule has 3 saturated heterocycles. The molecule has 2 amide bonds. The number of urea groups is 1. The Hall–Kier alpha value is -2.58. The average molecular weight is 472 g/mol. The number of amides is 2. The number of fused-ring (bicyclic) bond motifs is 5. The van der Waals surface area contributed by atoms with Crippen molar-refractivity contribution in [1.82, 2.24) is 14.7 Å². The lowest BCUT2D eigenvalue weighted by molar-refractivity contribution is -0.137. The number of benzene rings is 2. The fourth-order valence-electron chi connectivity index (χ4n) is 6.52. The van der Waals surface area contributed by atoms with Gasteiger partial charge in [0.05, 0.1) is 18.2 Å². The number of rotatable bonds is 3. The Morgan fingerprint density at radius 1 is 1.00 bits per heavy atom. The van der Waals surface area contributed by atoms with Gasteiger partial charge in [0.25, 0.3) is 0 Å². The highest BCUT2D eigenvalue weighted by Crippen LogP contribution is 2.51. The molecule has 180 valence electrons. The second-order valence-corrected chi connectivity index (χ2v) is 10.4. The van der Waals surface area contributed by atoms with Gasteiger partial charge in [-0.15, -0.1) is 0 Å². The van der Waals surface area contributed by atoms with Crippen LogP contribution in [0.3, 0.4) is 0 Å². The summed E-state index contributed by atoms with van der Waals surface area (Å²) < 4.78 is 38.8.